The smallest absolute Gasteiger partial charge is 0.359 e. The van der Waals surface area contributed by atoms with Crippen LogP contribution in [0.1, 0.15) is 175 Å². The lowest BCUT2D eigenvalue weighted by atomic mass is 9.88. The zero-order valence-electron chi connectivity index (χ0n) is 49.0. The molecule has 2 atom stereocenters. The van der Waals surface area contributed by atoms with Crippen molar-refractivity contribution in [2.75, 3.05) is 76.4 Å². The summed E-state index contributed by atoms with van der Waals surface area (Å²) in [5, 5.41) is 41.6. The average molecular weight is 1120 g/mol. The second kappa shape index (κ2) is 32.1. The molecule has 444 valence electrons. The number of piperidine rings is 1. The van der Waals surface area contributed by atoms with Gasteiger partial charge in [-0.3, -0.25) is 24.0 Å². The third kappa shape index (κ3) is 22.3. The molecule has 0 bridgehead atoms. The maximum absolute atomic E-state index is 15.0. The van der Waals surface area contributed by atoms with Gasteiger partial charge in [0.25, 0.3) is 5.91 Å². The number of carbonyl (C=O) groups excluding carboxylic acids is 3. The van der Waals surface area contributed by atoms with Crippen molar-refractivity contribution in [2.24, 2.45) is 17.3 Å². The number of amides is 2. The van der Waals surface area contributed by atoms with Crippen molar-refractivity contribution in [2.45, 2.75) is 168 Å². The number of quaternary nitrogens is 1. The van der Waals surface area contributed by atoms with Crippen LogP contribution in [0, 0.1) is 24.2 Å². The topological polar surface area (TPSA) is 242 Å². The average Bonchev–Trinajstić information content (AvgIpc) is 4.20. The molecule has 81 heavy (non-hydrogen) atoms. The summed E-state index contributed by atoms with van der Waals surface area (Å²) in [6.07, 6.45) is 24.1. The molecular formula is C62H91N9O10. The van der Waals surface area contributed by atoms with E-state index < -0.39 is 17.9 Å². The van der Waals surface area contributed by atoms with E-state index in [1.54, 1.807) is 20.4 Å². The van der Waals surface area contributed by atoms with E-state index in [1.165, 1.54) is 44.9 Å². The van der Waals surface area contributed by atoms with Crippen molar-refractivity contribution >= 4 is 41.2 Å². The fraction of sp³-hybridized carbons (Fsp3) is 0.629. The number of aromatic nitrogens is 5. The number of nitrogens with one attached hydrogen (secondary N) is 1. The van der Waals surface area contributed by atoms with E-state index in [2.05, 4.69) is 45.6 Å². The molecule has 1 aromatic carbocycles. The van der Waals surface area contributed by atoms with Gasteiger partial charge in [0.15, 0.2) is 6.54 Å². The molecule has 1 aliphatic heterocycles. The summed E-state index contributed by atoms with van der Waals surface area (Å²) in [6, 6.07) is 15.3. The third-order valence-electron chi connectivity index (χ3n) is 16.0. The highest BCUT2D eigenvalue weighted by atomic mass is 16.5. The summed E-state index contributed by atoms with van der Waals surface area (Å²) in [5.74, 6) is -0.806. The lowest BCUT2D eigenvalue weighted by molar-refractivity contribution is -0.897. The lowest BCUT2D eigenvalue weighted by Crippen LogP contribution is -2.54. The van der Waals surface area contributed by atoms with Crippen LogP contribution in [0.3, 0.4) is 0 Å². The number of carbonyl (C=O) groups is 5. The monoisotopic (exact) mass is 1120 g/mol. The lowest BCUT2D eigenvalue weighted by Gasteiger charge is -2.36. The van der Waals surface area contributed by atoms with Crippen molar-refractivity contribution in [1.82, 2.24) is 30.3 Å². The predicted octanol–water partition coefficient (Wildman–Crippen LogP) is 8.81. The largest absolute Gasteiger partial charge is 0.544 e. The third-order valence-corrected chi connectivity index (χ3v) is 16.0. The number of methoxy groups -OCH3 is 1. The number of likely N-dealkylation sites (N-methyl/N-ethyl adjacent to an activating group) is 1. The number of nitrogens with zero attached hydrogens (tertiary/aromatic N) is 8. The van der Waals surface area contributed by atoms with Gasteiger partial charge in [0.2, 0.25) is 11.8 Å². The van der Waals surface area contributed by atoms with Gasteiger partial charge in [-0.1, -0.05) is 89.3 Å². The molecule has 19 nitrogen and oxygen atoms in total. The number of carboxylic acids is 3. The molecular weight excluding hydrogens is 1030 g/mol. The Kier molecular flexibility index (Phi) is 25.2. The fourth-order valence-electron chi connectivity index (χ4n) is 11.2. The van der Waals surface area contributed by atoms with E-state index in [1.807, 2.05) is 65.0 Å². The first-order valence-corrected chi connectivity index (χ1v) is 29.8. The van der Waals surface area contributed by atoms with Crippen LogP contribution in [0.25, 0.3) is 0 Å². The minimum absolute atomic E-state index is 0.0209. The van der Waals surface area contributed by atoms with Gasteiger partial charge in [0.05, 0.1) is 56.6 Å². The molecule has 2 fully saturated rings. The van der Waals surface area contributed by atoms with E-state index in [0.717, 1.165) is 106 Å². The Hall–Kier alpha value is -6.63. The molecule has 1 saturated heterocycles. The number of hydrogen-bond acceptors (Lipinski definition) is 13. The quantitative estimate of drug-likeness (QED) is 0.0279. The van der Waals surface area contributed by atoms with Crippen molar-refractivity contribution in [3.63, 3.8) is 0 Å². The van der Waals surface area contributed by atoms with Crippen LogP contribution in [-0.4, -0.2) is 136 Å². The number of rotatable bonds is 39. The van der Waals surface area contributed by atoms with E-state index in [9.17, 15) is 29.4 Å². The zero-order chi connectivity index (χ0) is 58.2. The second-order valence-corrected chi connectivity index (χ2v) is 23.9. The van der Waals surface area contributed by atoms with E-state index in [-0.39, 0.29) is 53.1 Å². The Morgan fingerprint density at radius 1 is 0.864 bits per heavy atom. The van der Waals surface area contributed by atoms with Gasteiger partial charge >= 0.3 is 11.9 Å². The van der Waals surface area contributed by atoms with Gasteiger partial charge in [0, 0.05) is 75.8 Å². The van der Waals surface area contributed by atoms with Gasteiger partial charge in [-0.2, -0.15) is 0 Å². The van der Waals surface area contributed by atoms with E-state index in [4.69, 9.17) is 19.6 Å². The number of aliphatic carboxylic acids is 3. The number of anilines is 2. The second-order valence-electron chi connectivity index (χ2n) is 23.9. The maximum Gasteiger partial charge on any atom is 0.359 e. The van der Waals surface area contributed by atoms with Gasteiger partial charge in [0.1, 0.15) is 18.1 Å². The Labute approximate surface area is 479 Å². The normalized spacial score (nSPS) is 15.0. The van der Waals surface area contributed by atoms with Crippen molar-refractivity contribution in [1.29, 1.82) is 0 Å². The number of benzene rings is 1. The zero-order valence-corrected chi connectivity index (χ0v) is 49.0. The molecule has 1 aliphatic carbocycles. The van der Waals surface area contributed by atoms with Crippen LogP contribution < -0.4 is 29.7 Å². The highest BCUT2D eigenvalue weighted by molar-refractivity contribution is 6.09. The van der Waals surface area contributed by atoms with Crippen LogP contribution >= 0.6 is 0 Å². The van der Waals surface area contributed by atoms with Crippen molar-refractivity contribution in [3.05, 3.63) is 83.4 Å². The first-order chi connectivity index (χ1) is 38.9. The molecule has 4 aromatic rings. The first-order valence-electron chi connectivity index (χ1n) is 29.8. The molecule has 19 heteroatoms. The molecule has 1 unspecified atom stereocenters. The fourth-order valence-corrected chi connectivity index (χ4v) is 11.2. The number of aryl methyl sites for hydroxylation is 3. The highest BCUT2D eigenvalue weighted by Gasteiger charge is 2.35. The Balaban J connectivity index is 0.876. The van der Waals surface area contributed by atoms with Crippen molar-refractivity contribution < 1.29 is 53.2 Å². The summed E-state index contributed by atoms with van der Waals surface area (Å²) in [7, 11) is 3.22. The summed E-state index contributed by atoms with van der Waals surface area (Å²) < 4.78 is 13.7. The predicted molar refractivity (Wildman–Crippen MR) is 309 cm³/mol. The standard InChI is InChI=1S/C62H91N9O10/c1-46-20-18-22-55(65-46)70(61(79)52-27-26-51(80-5)39-54(52)68-34-29-47(30-35-68)44-81-57-38-49(28-33-64-57)53(40-58(73)74)48-24-25-48)45-62(2,3)31-36-69-41-50(66-67-69)21-16-14-12-10-8-6-7-9-11-13-15-17-23-56(72)63-32-19-37-71(4,42-59(75)76)43-60(77)78/h18,20,22,26-28,33,38-39,41,47-48,53H,6-17,19,21,23-25,29-32,34-37,40,42-45H2,1-5H3,(H3-,63,72,73,74,75,76,77,78)/t53-/m0/s1. The molecule has 3 N–H and O–H groups in total. The minimum Gasteiger partial charge on any atom is -0.544 e. The van der Waals surface area contributed by atoms with Crippen LogP contribution in [0.15, 0.2) is 60.9 Å². The van der Waals surface area contributed by atoms with Gasteiger partial charge in [-0.25, -0.2) is 14.8 Å². The molecule has 3 aromatic heterocycles. The number of pyridine rings is 2. The van der Waals surface area contributed by atoms with Gasteiger partial charge < -0.3 is 44.3 Å². The number of ether oxygens (including phenoxy) is 2. The van der Waals surface area contributed by atoms with Crippen molar-refractivity contribution in [3.8, 4) is 11.6 Å². The molecule has 2 aliphatic rings. The van der Waals surface area contributed by atoms with Gasteiger partial charge in [-0.05, 0) is 117 Å². The van der Waals surface area contributed by atoms with E-state index in [0.29, 0.717) is 74.6 Å². The Morgan fingerprint density at radius 3 is 2.20 bits per heavy atom. The number of carboxylic acid groups (broad SMARTS) is 3. The van der Waals surface area contributed by atoms with Crippen LogP contribution in [0.2, 0.25) is 0 Å². The molecule has 0 radical (unpaired) electrons. The first kappa shape index (κ1) is 63.6. The molecule has 2 amide bonds. The van der Waals surface area contributed by atoms with Crippen LogP contribution in [0.5, 0.6) is 11.6 Å². The Morgan fingerprint density at radius 2 is 1.56 bits per heavy atom. The molecule has 1 saturated carbocycles. The number of hydrogen-bond donors (Lipinski definition) is 3. The molecule has 0 spiro atoms. The minimum atomic E-state index is -1.29. The SMILES string of the molecule is COc1ccc(C(=O)N(CC(C)(C)CCn2cc(CCCCCCCCCCCCCCC(=O)NCCC[N+](C)(CC(=O)[O-])CC(=O)O)nn2)c2cccc(C)n2)c(N2CCC(COc3cc([C@@H](CC(=O)O)C4CC4)ccn3)CC2)c1. The summed E-state index contributed by atoms with van der Waals surface area (Å²) in [5.41, 5.74) is 3.91. The van der Waals surface area contributed by atoms with Crippen LogP contribution in [-0.2, 0) is 32.1 Å². The summed E-state index contributed by atoms with van der Waals surface area (Å²) in [6.45, 7) is 9.41. The summed E-state index contributed by atoms with van der Waals surface area (Å²) >= 11 is 0. The number of unbranched alkanes of at least 4 members (excludes halogenated alkanes) is 11. The molecule has 4 heterocycles. The Bertz CT molecular complexity index is 2610. The van der Waals surface area contributed by atoms with Gasteiger partial charge in [-0.15, -0.1) is 5.10 Å². The maximum atomic E-state index is 15.0. The van der Waals surface area contributed by atoms with Crippen LogP contribution in [0.4, 0.5) is 11.5 Å². The van der Waals surface area contributed by atoms with E-state index >= 15 is 4.79 Å². The highest BCUT2D eigenvalue weighted by Crippen LogP contribution is 2.45. The summed E-state index contributed by atoms with van der Waals surface area (Å²) in [4.78, 5) is 74.5. The molecule has 6 rings (SSSR count).